The van der Waals surface area contributed by atoms with Gasteiger partial charge in [0.1, 0.15) is 0 Å². The molecule has 4 nitrogen and oxygen atoms in total. The van der Waals surface area contributed by atoms with E-state index in [4.69, 9.17) is 22.9 Å². The molecule has 0 aromatic heterocycles. The van der Waals surface area contributed by atoms with E-state index in [2.05, 4.69) is 13.2 Å². The lowest BCUT2D eigenvalue weighted by molar-refractivity contribution is 0.737. The van der Waals surface area contributed by atoms with Crippen LogP contribution in [0.1, 0.15) is 6.42 Å². The molecule has 74 valence electrons. The quantitative estimate of drug-likeness (QED) is 0.431. The maximum atomic E-state index is 5.70. The van der Waals surface area contributed by atoms with Crippen molar-refractivity contribution in [2.75, 3.05) is 0 Å². The molecule has 0 aliphatic heterocycles. The maximum Gasteiger partial charge on any atom is 0.0945 e. The van der Waals surface area contributed by atoms with Crippen LogP contribution in [0.4, 0.5) is 0 Å². The summed E-state index contributed by atoms with van der Waals surface area (Å²) in [6, 6.07) is -0.515. The topological polar surface area (TPSA) is 104 Å². The lowest BCUT2D eigenvalue weighted by atomic mass is 10.00. The summed E-state index contributed by atoms with van der Waals surface area (Å²) >= 11 is 0. The molecule has 0 amide bonds. The van der Waals surface area contributed by atoms with Crippen molar-refractivity contribution < 1.29 is 0 Å². The van der Waals surface area contributed by atoms with Crippen LogP contribution in [0.2, 0.25) is 0 Å². The summed E-state index contributed by atoms with van der Waals surface area (Å²) in [6.45, 7) is 7.12. The molecule has 8 N–H and O–H groups in total. The Morgan fingerprint density at radius 2 is 1.69 bits per heavy atom. The molecule has 0 fully saturated rings. The minimum Gasteiger partial charge on any atom is -0.386 e. The van der Waals surface area contributed by atoms with Gasteiger partial charge in [-0.2, -0.15) is 0 Å². The van der Waals surface area contributed by atoms with Gasteiger partial charge in [0.2, 0.25) is 0 Å². The van der Waals surface area contributed by atoms with Crippen LogP contribution in [0.25, 0.3) is 0 Å². The molecule has 2 atom stereocenters. The summed E-state index contributed by atoms with van der Waals surface area (Å²) in [4.78, 5) is 0. The summed E-state index contributed by atoms with van der Waals surface area (Å²) in [5.41, 5.74) is 23.0. The van der Waals surface area contributed by atoms with Crippen LogP contribution < -0.4 is 22.9 Å². The van der Waals surface area contributed by atoms with Crippen molar-refractivity contribution in [2.24, 2.45) is 22.9 Å². The minimum atomic E-state index is -0.337. The Labute approximate surface area is 78.9 Å². The van der Waals surface area contributed by atoms with E-state index in [0.717, 1.165) is 0 Å². The summed E-state index contributed by atoms with van der Waals surface area (Å²) in [5, 5.41) is 0. The first kappa shape index (κ1) is 11.7. The Morgan fingerprint density at radius 3 is 2.00 bits per heavy atom. The van der Waals surface area contributed by atoms with Gasteiger partial charge in [-0.1, -0.05) is 12.2 Å². The number of hydrogen-bond acceptors (Lipinski definition) is 4. The fourth-order valence-electron chi connectivity index (χ4n) is 0.926. The molecule has 13 heavy (non-hydrogen) atoms. The summed E-state index contributed by atoms with van der Waals surface area (Å²) in [7, 11) is 0. The molecule has 0 rings (SSSR count). The Kier molecular flexibility index (Phi) is 4.87. The van der Waals surface area contributed by atoms with Crippen LogP contribution in [0.3, 0.4) is 0 Å². The van der Waals surface area contributed by atoms with Crippen molar-refractivity contribution in [2.45, 2.75) is 18.5 Å². The molecule has 0 spiro atoms. The molecule has 0 saturated heterocycles. The highest BCUT2D eigenvalue weighted by atomic mass is 14.8. The third-order valence-corrected chi connectivity index (χ3v) is 1.79. The van der Waals surface area contributed by atoms with Crippen molar-refractivity contribution in [1.29, 1.82) is 0 Å². The predicted molar refractivity (Wildman–Crippen MR) is 56.4 cm³/mol. The van der Waals surface area contributed by atoms with E-state index in [1.54, 1.807) is 12.2 Å². The first-order valence-electron chi connectivity index (χ1n) is 4.03. The third-order valence-electron chi connectivity index (χ3n) is 1.79. The van der Waals surface area contributed by atoms with E-state index in [0.29, 0.717) is 12.0 Å². The van der Waals surface area contributed by atoms with Gasteiger partial charge in [0.05, 0.1) is 5.82 Å². The van der Waals surface area contributed by atoms with Crippen LogP contribution in [-0.2, 0) is 0 Å². The first-order valence-corrected chi connectivity index (χ1v) is 4.03. The predicted octanol–water partition coefficient (Wildman–Crippen LogP) is -0.468. The molecule has 0 bridgehead atoms. The van der Waals surface area contributed by atoms with Gasteiger partial charge in [0.15, 0.2) is 0 Å². The molecule has 0 aliphatic carbocycles. The largest absolute Gasteiger partial charge is 0.386 e. The standard InChI is InChI=1S/C9H18N4/c1-3-6(10)5-7(9(12)13)8(11)4-2/h3-4,6,8H,1-2,5,10-13H2. The first-order chi connectivity index (χ1) is 6.02. The molecule has 0 radical (unpaired) electrons. The van der Waals surface area contributed by atoms with Gasteiger partial charge in [-0.3, -0.25) is 0 Å². The van der Waals surface area contributed by atoms with E-state index >= 15 is 0 Å². The molecule has 0 saturated carbocycles. The van der Waals surface area contributed by atoms with Gasteiger partial charge < -0.3 is 22.9 Å². The Bertz CT molecular complexity index is 216. The zero-order chi connectivity index (χ0) is 10.4. The van der Waals surface area contributed by atoms with Gasteiger partial charge in [0, 0.05) is 12.1 Å². The van der Waals surface area contributed by atoms with Crippen LogP contribution >= 0.6 is 0 Å². The second kappa shape index (κ2) is 5.40. The van der Waals surface area contributed by atoms with E-state index in [1.165, 1.54) is 0 Å². The Hall–Kier alpha value is -1.26. The molecule has 0 aliphatic rings. The van der Waals surface area contributed by atoms with Crippen molar-refractivity contribution in [3.8, 4) is 0 Å². The zero-order valence-electron chi connectivity index (χ0n) is 7.74. The number of rotatable bonds is 5. The average Bonchev–Trinajstić information content (AvgIpc) is 2.11. The van der Waals surface area contributed by atoms with Crippen LogP contribution in [-0.4, -0.2) is 12.1 Å². The number of hydrogen-bond donors (Lipinski definition) is 4. The van der Waals surface area contributed by atoms with Gasteiger partial charge in [-0.15, -0.1) is 13.2 Å². The third kappa shape index (κ3) is 3.78. The monoisotopic (exact) mass is 182 g/mol. The SMILES string of the molecule is C=CC(N)CC(=C(N)N)C(N)C=C. The van der Waals surface area contributed by atoms with Crippen LogP contribution in [0.15, 0.2) is 36.7 Å². The minimum absolute atomic E-state index is 0.178. The van der Waals surface area contributed by atoms with Crippen LogP contribution in [0, 0.1) is 0 Å². The second-order valence-electron chi connectivity index (χ2n) is 2.85. The Morgan fingerprint density at radius 1 is 1.15 bits per heavy atom. The molecule has 0 heterocycles. The smallest absolute Gasteiger partial charge is 0.0945 e. The highest BCUT2D eigenvalue weighted by Gasteiger charge is 2.11. The Balaban J connectivity index is 4.55. The maximum absolute atomic E-state index is 5.70. The fraction of sp³-hybridized carbons (Fsp3) is 0.333. The lowest BCUT2D eigenvalue weighted by Crippen LogP contribution is -2.30. The van der Waals surface area contributed by atoms with Gasteiger partial charge in [-0.05, 0) is 12.0 Å². The van der Waals surface area contributed by atoms with Gasteiger partial charge in [0.25, 0.3) is 0 Å². The highest BCUT2D eigenvalue weighted by molar-refractivity contribution is 5.21. The van der Waals surface area contributed by atoms with E-state index in [-0.39, 0.29) is 17.9 Å². The molecule has 0 aromatic rings. The van der Waals surface area contributed by atoms with Crippen molar-refractivity contribution in [1.82, 2.24) is 0 Å². The van der Waals surface area contributed by atoms with Crippen molar-refractivity contribution in [3.63, 3.8) is 0 Å². The van der Waals surface area contributed by atoms with Gasteiger partial charge in [-0.25, -0.2) is 0 Å². The molecule has 4 heteroatoms. The highest BCUT2D eigenvalue weighted by Crippen LogP contribution is 2.10. The fourth-order valence-corrected chi connectivity index (χ4v) is 0.926. The normalized spacial score (nSPS) is 14.3. The summed E-state index contributed by atoms with van der Waals surface area (Å²) in [5.74, 6) is 0.213. The van der Waals surface area contributed by atoms with E-state index < -0.39 is 0 Å². The molecule has 2 unspecified atom stereocenters. The summed E-state index contributed by atoms with van der Waals surface area (Å²) in [6.07, 6.45) is 3.71. The average molecular weight is 182 g/mol. The molecular formula is C9H18N4. The zero-order valence-corrected chi connectivity index (χ0v) is 7.74. The second-order valence-corrected chi connectivity index (χ2v) is 2.85. The van der Waals surface area contributed by atoms with Crippen molar-refractivity contribution >= 4 is 0 Å². The van der Waals surface area contributed by atoms with E-state index in [9.17, 15) is 0 Å². The molecule has 0 aromatic carbocycles. The number of nitrogens with two attached hydrogens (primary N) is 4. The van der Waals surface area contributed by atoms with Crippen LogP contribution in [0.5, 0.6) is 0 Å². The lowest BCUT2D eigenvalue weighted by Gasteiger charge is -2.16. The van der Waals surface area contributed by atoms with Crippen molar-refractivity contribution in [3.05, 3.63) is 36.7 Å². The molecular weight excluding hydrogens is 164 g/mol. The van der Waals surface area contributed by atoms with E-state index in [1.807, 2.05) is 0 Å². The van der Waals surface area contributed by atoms with Gasteiger partial charge >= 0.3 is 0 Å². The summed E-state index contributed by atoms with van der Waals surface area (Å²) < 4.78 is 0.